The van der Waals surface area contributed by atoms with Crippen molar-refractivity contribution in [2.75, 3.05) is 59.7 Å². The van der Waals surface area contributed by atoms with E-state index in [2.05, 4.69) is 60.2 Å². The molecule has 1 aromatic rings. The van der Waals surface area contributed by atoms with Crippen LogP contribution in [0.1, 0.15) is 38.3 Å². The standard InChI is InChI=1S/C23H40N4O2/c1-5-24-23(27-13-12-20(17-27)19-29-15-14-28-4)25-16-21-10-8-9-11-22(21)18-26(6-2)7-3/h8-11,20H,5-7,12-19H2,1-4H3,(H,24,25). The highest BCUT2D eigenvalue weighted by atomic mass is 16.5. The average molecular weight is 405 g/mol. The van der Waals surface area contributed by atoms with E-state index in [-0.39, 0.29) is 0 Å². The third-order valence-corrected chi connectivity index (χ3v) is 5.51. The number of rotatable bonds is 12. The fourth-order valence-electron chi connectivity index (χ4n) is 3.69. The maximum atomic E-state index is 5.73. The van der Waals surface area contributed by atoms with Gasteiger partial charge in [-0.25, -0.2) is 4.99 Å². The average Bonchev–Trinajstić information content (AvgIpc) is 3.22. The summed E-state index contributed by atoms with van der Waals surface area (Å²) < 4.78 is 10.8. The van der Waals surface area contributed by atoms with Gasteiger partial charge in [0.25, 0.3) is 0 Å². The lowest BCUT2D eigenvalue weighted by Gasteiger charge is -2.22. The maximum absolute atomic E-state index is 5.73. The predicted octanol–water partition coefficient (Wildman–Crippen LogP) is 2.98. The van der Waals surface area contributed by atoms with Crippen molar-refractivity contribution in [2.45, 2.75) is 40.3 Å². The van der Waals surface area contributed by atoms with Crippen molar-refractivity contribution in [3.8, 4) is 0 Å². The fraction of sp³-hybridized carbons (Fsp3) is 0.696. The molecule has 1 heterocycles. The lowest BCUT2D eigenvalue weighted by atomic mass is 10.1. The minimum atomic E-state index is 0.561. The highest BCUT2D eigenvalue weighted by Crippen LogP contribution is 2.18. The van der Waals surface area contributed by atoms with Gasteiger partial charge in [0, 0.05) is 39.2 Å². The van der Waals surface area contributed by atoms with Gasteiger partial charge in [0.1, 0.15) is 0 Å². The molecule has 1 saturated heterocycles. The molecule has 0 radical (unpaired) electrons. The summed E-state index contributed by atoms with van der Waals surface area (Å²) in [4.78, 5) is 9.80. The van der Waals surface area contributed by atoms with Crippen LogP contribution < -0.4 is 5.32 Å². The number of hydrogen-bond acceptors (Lipinski definition) is 4. The number of likely N-dealkylation sites (tertiary alicyclic amines) is 1. The Morgan fingerprint density at radius 2 is 1.93 bits per heavy atom. The van der Waals surface area contributed by atoms with Crippen LogP contribution in [-0.2, 0) is 22.6 Å². The molecule has 1 unspecified atom stereocenters. The van der Waals surface area contributed by atoms with E-state index in [0.717, 1.165) is 58.3 Å². The Balaban J connectivity index is 1.97. The number of nitrogens with zero attached hydrogens (tertiary/aromatic N) is 3. The van der Waals surface area contributed by atoms with Gasteiger partial charge < -0.3 is 19.7 Å². The molecule has 1 fully saturated rings. The van der Waals surface area contributed by atoms with Crippen molar-refractivity contribution < 1.29 is 9.47 Å². The lowest BCUT2D eigenvalue weighted by molar-refractivity contribution is 0.0536. The first-order valence-corrected chi connectivity index (χ1v) is 11.1. The molecule has 6 nitrogen and oxygen atoms in total. The first-order valence-electron chi connectivity index (χ1n) is 11.1. The summed E-state index contributed by atoms with van der Waals surface area (Å²) in [6.45, 7) is 15.4. The Morgan fingerprint density at radius 3 is 2.62 bits per heavy atom. The maximum Gasteiger partial charge on any atom is 0.194 e. The van der Waals surface area contributed by atoms with E-state index in [1.807, 2.05) is 0 Å². The van der Waals surface area contributed by atoms with Gasteiger partial charge in [0.15, 0.2) is 5.96 Å². The van der Waals surface area contributed by atoms with Crippen LogP contribution in [0.25, 0.3) is 0 Å². The van der Waals surface area contributed by atoms with Crippen molar-refractivity contribution in [3.63, 3.8) is 0 Å². The minimum absolute atomic E-state index is 0.561. The second-order valence-electron chi connectivity index (χ2n) is 7.57. The number of benzene rings is 1. The van der Waals surface area contributed by atoms with Gasteiger partial charge in [-0.05, 0) is 37.6 Å². The third kappa shape index (κ3) is 7.96. The summed E-state index contributed by atoms with van der Waals surface area (Å²) in [5.41, 5.74) is 2.69. The van der Waals surface area contributed by atoms with Crippen LogP contribution in [0.3, 0.4) is 0 Å². The topological polar surface area (TPSA) is 49.3 Å². The third-order valence-electron chi connectivity index (χ3n) is 5.51. The molecular weight excluding hydrogens is 364 g/mol. The van der Waals surface area contributed by atoms with Gasteiger partial charge >= 0.3 is 0 Å². The van der Waals surface area contributed by atoms with Gasteiger partial charge in [-0.3, -0.25) is 4.90 Å². The van der Waals surface area contributed by atoms with Gasteiger partial charge in [0.2, 0.25) is 0 Å². The molecule has 2 rings (SSSR count). The van der Waals surface area contributed by atoms with Gasteiger partial charge in [0.05, 0.1) is 26.4 Å². The number of aliphatic imine (C=N–C) groups is 1. The predicted molar refractivity (Wildman–Crippen MR) is 120 cm³/mol. The summed E-state index contributed by atoms with van der Waals surface area (Å²) in [7, 11) is 1.71. The molecule has 0 amide bonds. The fourth-order valence-corrected chi connectivity index (χ4v) is 3.69. The van der Waals surface area contributed by atoms with Crippen molar-refractivity contribution in [1.82, 2.24) is 15.1 Å². The largest absolute Gasteiger partial charge is 0.382 e. The van der Waals surface area contributed by atoms with E-state index in [9.17, 15) is 0 Å². The number of guanidine groups is 1. The van der Waals surface area contributed by atoms with Crippen molar-refractivity contribution in [3.05, 3.63) is 35.4 Å². The summed E-state index contributed by atoms with van der Waals surface area (Å²) in [6.07, 6.45) is 1.15. The monoisotopic (exact) mass is 404 g/mol. The Kier molecular flexibility index (Phi) is 11.1. The van der Waals surface area contributed by atoms with E-state index in [4.69, 9.17) is 14.5 Å². The zero-order valence-electron chi connectivity index (χ0n) is 18.8. The second kappa shape index (κ2) is 13.6. The highest BCUT2D eigenvalue weighted by molar-refractivity contribution is 5.80. The van der Waals surface area contributed by atoms with Gasteiger partial charge in [-0.1, -0.05) is 38.1 Å². The molecule has 1 aromatic carbocycles. The Hall–Kier alpha value is -1.63. The quantitative estimate of drug-likeness (QED) is 0.330. The molecule has 29 heavy (non-hydrogen) atoms. The smallest absolute Gasteiger partial charge is 0.194 e. The molecule has 1 aliphatic rings. The zero-order chi connectivity index (χ0) is 20.9. The molecule has 0 aliphatic carbocycles. The Labute approximate surface area is 177 Å². The summed E-state index contributed by atoms with van der Waals surface area (Å²) in [5.74, 6) is 1.58. The van der Waals surface area contributed by atoms with Crippen LogP contribution in [-0.4, -0.2) is 75.4 Å². The molecule has 1 atom stereocenters. The Morgan fingerprint density at radius 1 is 1.17 bits per heavy atom. The number of hydrogen-bond donors (Lipinski definition) is 1. The minimum Gasteiger partial charge on any atom is -0.382 e. The lowest BCUT2D eigenvalue weighted by Crippen LogP contribution is -2.40. The number of methoxy groups -OCH3 is 1. The van der Waals surface area contributed by atoms with E-state index >= 15 is 0 Å². The van der Waals surface area contributed by atoms with Crippen molar-refractivity contribution >= 4 is 5.96 Å². The molecule has 0 saturated carbocycles. The molecular formula is C23H40N4O2. The van der Waals surface area contributed by atoms with Crippen molar-refractivity contribution in [2.24, 2.45) is 10.9 Å². The van der Waals surface area contributed by atoms with Crippen LogP contribution >= 0.6 is 0 Å². The van der Waals surface area contributed by atoms with Crippen molar-refractivity contribution in [1.29, 1.82) is 0 Å². The molecule has 1 N–H and O–H groups in total. The van der Waals surface area contributed by atoms with Gasteiger partial charge in [-0.2, -0.15) is 0 Å². The summed E-state index contributed by atoms with van der Waals surface area (Å²) >= 11 is 0. The van der Waals surface area contributed by atoms with Crippen LogP contribution in [0.2, 0.25) is 0 Å². The Bertz CT molecular complexity index is 604. The van der Waals surface area contributed by atoms with Crippen LogP contribution in [0, 0.1) is 5.92 Å². The van der Waals surface area contributed by atoms with E-state index in [0.29, 0.717) is 25.7 Å². The summed E-state index contributed by atoms with van der Waals surface area (Å²) in [5, 5.41) is 3.48. The highest BCUT2D eigenvalue weighted by Gasteiger charge is 2.25. The van der Waals surface area contributed by atoms with Crippen LogP contribution in [0.4, 0.5) is 0 Å². The van der Waals surface area contributed by atoms with E-state index in [1.165, 1.54) is 11.1 Å². The molecule has 1 aliphatic heterocycles. The second-order valence-corrected chi connectivity index (χ2v) is 7.57. The number of nitrogens with one attached hydrogen (secondary N) is 1. The summed E-state index contributed by atoms with van der Waals surface area (Å²) in [6, 6.07) is 8.69. The molecule has 0 bridgehead atoms. The zero-order valence-corrected chi connectivity index (χ0v) is 18.8. The first-order chi connectivity index (χ1) is 14.2. The number of ether oxygens (including phenoxy) is 2. The molecule has 164 valence electrons. The normalized spacial score (nSPS) is 17.3. The van der Waals surface area contributed by atoms with Crippen LogP contribution in [0.5, 0.6) is 0 Å². The van der Waals surface area contributed by atoms with Crippen LogP contribution in [0.15, 0.2) is 29.3 Å². The molecule has 6 heteroatoms. The SMILES string of the molecule is CCNC(=NCc1ccccc1CN(CC)CC)N1CCC(COCCOC)C1. The first kappa shape index (κ1) is 23.6. The van der Waals surface area contributed by atoms with Gasteiger partial charge in [-0.15, -0.1) is 0 Å². The van der Waals surface area contributed by atoms with E-state index < -0.39 is 0 Å². The molecule has 0 spiro atoms. The van der Waals surface area contributed by atoms with E-state index in [1.54, 1.807) is 7.11 Å². The molecule has 0 aromatic heterocycles.